The Hall–Kier alpha value is -0.760. The Kier molecular flexibility index (Phi) is 5.71. The summed E-state index contributed by atoms with van der Waals surface area (Å²) >= 11 is 1.89. The van der Waals surface area contributed by atoms with E-state index in [1.54, 1.807) is 0 Å². The van der Waals surface area contributed by atoms with Gasteiger partial charge < -0.3 is 0 Å². The highest BCUT2D eigenvalue weighted by Crippen LogP contribution is 2.34. The number of rotatable bonds is 5. The normalized spacial score (nSPS) is 24.4. The van der Waals surface area contributed by atoms with Crippen molar-refractivity contribution in [1.82, 2.24) is 0 Å². The van der Waals surface area contributed by atoms with Crippen LogP contribution in [0.4, 0.5) is 0 Å². The molecule has 1 aliphatic rings. The lowest BCUT2D eigenvalue weighted by atomic mass is 9.91. The molecular weight excluding hydrogens is 264 g/mol. The molecule has 0 aromatic heterocycles. The van der Waals surface area contributed by atoms with Crippen LogP contribution in [0, 0.1) is 5.92 Å². The Balaban J connectivity index is 1.93. The molecule has 1 aromatic rings. The van der Waals surface area contributed by atoms with Gasteiger partial charge in [-0.2, -0.15) is 0 Å². The summed E-state index contributed by atoms with van der Waals surface area (Å²) in [5, 5.41) is 0.755. The van der Waals surface area contributed by atoms with Crippen molar-refractivity contribution < 1.29 is 4.79 Å². The van der Waals surface area contributed by atoms with Crippen LogP contribution in [0.25, 0.3) is 0 Å². The lowest BCUT2D eigenvalue weighted by molar-refractivity contribution is 0.0993. The van der Waals surface area contributed by atoms with Crippen LogP contribution in [0.5, 0.6) is 0 Å². The molecule has 0 heterocycles. The summed E-state index contributed by atoms with van der Waals surface area (Å²) in [5.41, 5.74) is 2.16. The maximum Gasteiger partial charge on any atom is 0.175 e. The Morgan fingerprint density at radius 1 is 1.30 bits per heavy atom. The molecule has 2 heteroatoms. The second-order valence-corrected chi connectivity index (χ2v) is 7.73. The second kappa shape index (κ2) is 7.31. The molecule has 1 aromatic carbocycles. The minimum atomic E-state index is 0.0813. The Morgan fingerprint density at radius 3 is 2.60 bits per heavy atom. The predicted molar refractivity (Wildman–Crippen MR) is 88.6 cm³/mol. The quantitative estimate of drug-likeness (QED) is 0.699. The molecule has 1 aliphatic carbocycles. The molecule has 1 fully saturated rings. The van der Waals surface area contributed by atoms with Gasteiger partial charge in [0, 0.05) is 10.8 Å². The Bertz CT molecular complexity index is 437. The first kappa shape index (κ1) is 15.6. The average Bonchev–Trinajstić information content (AvgIpc) is 2.46. The fourth-order valence-corrected chi connectivity index (χ4v) is 4.57. The van der Waals surface area contributed by atoms with Gasteiger partial charge in [-0.05, 0) is 37.7 Å². The highest BCUT2D eigenvalue weighted by Gasteiger charge is 2.24. The molecule has 0 aliphatic heterocycles. The molecule has 0 N–H and O–H groups in total. The summed E-state index contributed by atoms with van der Waals surface area (Å²) in [5.74, 6) is 1.11. The van der Waals surface area contributed by atoms with Crippen molar-refractivity contribution in [2.75, 3.05) is 0 Å². The van der Waals surface area contributed by atoms with Gasteiger partial charge in [-0.1, -0.05) is 51.0 Å². The number of thioether (sulfide) groups is 1. The molecule has 0 saturated heterocycles. The van der Waals surface area contributed by atoms with Crippen molar-refractivity contribution in [2.24, 2.45) is 5.92 Å². The number of hydrogen-bond donors (Lipinski definition) is 0. The van der Waals surface area contributed by atoms with E-state index in [1.807, 2.05) is 23.9 Å². The first-order valence-corrected chi connectivity index (χ1v) is 8.83. The predicted octanol–water partition coefficient (Wildman–Crippen LogP) is 5.13. The highest BCUT2D eigenvalue weighted by atomic mass is 32.2. The largest absolute Gasteiger partial charge is 0.293 e. The minimum Gasteiger partial charge on any atom is -0.293 e. The molecule has 3 unspecified atom stereocenters. The van der Waals surface area contributed by atoms with Crippen LogP contribution in [-0.2, 0) is 6.42 Å². The van der Waals surface area contributed by atoms with Gasteiger partial charge in [0.05, 0.1) is 5.25 Å². The van der Waals surface area contributed by atoms with Crippen LogP contribution in [0.1, 0.15) is 62.4 Å². The third kappa shape index (κ3) is 4.12. The van der Waals surface area contributed by atoms with E-state index >= 15 is 0 Å². The van der Waals surface area contributed by atoms with Crippen LogP contribution in [0.3, 0.4) is 0 Å². The van der Waals surface area contributed by atoms with Crippen molar-refractivity contribution in [3.05, 3.63) is 35.4 Å². The Labute approximate surface area is 127 Å². The van der Waals surface area contributed by atoms with Crippen LogP contribution in [0.2, 0.25) is 0 Å². The van der Waals surface area contributed by atoms with E-state index in [9.17, 15) is 4.79 Å². The molecule has 3 atom stereocenters. The van der Waals surface area contributed by atoms with E-state index in [2.05, 4.69) is 32.9 Å². The molecule has 1 saturated carbocycles. The lowest BCUT2D eigenvalue weighted by Gasteiger charge is -2.28. The van der Waals surface area contributed by atoms with Crippen molar-refractivity contribution in [3.8, 4) is 0 Å². The van der Waals surface area contributed by atoms with Crippen molar-refractivity contribution in [2.45, 2.75) is 63.4 Å². The number of carbonyl (C=O) groups excluding carboxylic acids is 1. The van der Waals surface area contributed by atoms with Gasteiger partial charge in [-0.25, -0.2) is 0 Å². The number of benzene rings is 1. The fraction of sp³-hybridized carbons (Fsp3) is 0.611. The summed E-state index contributed by atoms with van der Waals surface area (Å²) in [6.45, 7) is 6.54. The molecule has 110 valence electrons. The van der Waals surface area contributed by atoms with Gasteiger partial charge in [-0.3, -0.25) is 4.79 Å². The first-order valence-electron chi connectivity index (χ1n) is 7.88. The molecule has 1 nitrogen and oxygen atoms in total. The smallest absolute Gasteiger partial charge is 0.175 e. The van der Waals surface area contributed by atoms with Gasteiger partial charge in [0.25, 0.3) is 0 Å². The maximum absolute atomic E-state index is 12.5. The summed E-state index contributed by atoms with van der Waals surface area (Å²) < 4.78 is 0. The molecule has 0 radical (unpaired) electrons. The van der Waals surface area contributed by atoms with E-state index < -0.39 is 0 Å². The summed E-state index contributed by atoms with van der Waals surface area (Å²) in [6.07, 6.45) is 6.26. The van der Waals surface area contributed by atoms with Gasteiger partial charge >= 0.3 is 0 Å². The van der Waals surface area contributed by atoms with Gasteiger partial charge in [0.15, 0.2) is 5.78 Å². The maximum atomic E-state index is 12.5. The topological polar surface area (TPSA) is 17.1 Å². The molecule has 0 amide bonds. The van der Waals surface area contributed by atoms with E-state index in [4.69, 9.17) is 0 Å². The molecule has 0 bridgehead atoms. The minimum absolute atomic E-state index is 0.0813. The molecule has 2 rings (SSSR count). The van der Waals surface area contributed by atoms with Crippen LogP contribution < -0.4 is 0 Å². The van der Waals surface area contributed by atoms with E-state index in [0.29, 0.717) is 5.25 Å². The molecular formula is C18H26OS. The van der Waals surface area contributed by atoms with Crippen LogP contribution in [0.15, 0.2) is 24.3 Å². The lowest BCUT2D eigenvalue weighted by Crippen LogP contribution is -2.22. The highest BCUT2D eigenvalue weighted by molar-refractivity contribution is 8.01. The van der Waals surface area contributed by atoms with Gasteiger partial charge in [0.2, 0.25) is 0 Å². The van der Waals surface area contributed by atoms with Crippen LogP contribution >= 0.6 is 11.8 Å². The van der Waals surface area contributed by atoms with Crippen molar-refractivity contribution in [3.63, 3.8) is 0 Å². The SMILES string of the molecule is CCc1ccc(C(=O)C(C)SC2CCCC(C)C2)cc1. The Morgan fingerprint density at radius 2 is 2.00 bits per heavy atom. The van der Waals surface area contributed by atoms with Gasteiger partial charge in [-0.15, -0.1) is 11.8 Å². The van der Waals surface area contributed by atoms with Crippen molar-refractivity contribution >= 4 is 17.5 Å². The number of ketones is 1. The number of carbonyl (C=O) groups is 1. The average molecular weight is 290 g/mol. The monoisotopic (exact) mass is 290 g/mol. The zero-order chi connectivity index (χ0) is 14.5. The van der Waals surface area contributed by atoms with Crippen LogP contribution in [-0.4, -0.2) is 16.3 Å². The fourth-order valence-electron chi connectivity index (χ4n) is 2.99. The summed E-state index contributed by atoms with van der Waals surface area (Å²) in [7, 11) is 0. The zero-order valence-corrected chi connectivity index (χ0v) is 13.7. The third-order valence-corrected chi connectivity index (χ3v) is 5.74. The van der Waals surface area contributed by atoms with E-state index in [1.165, 1.54) is 31.2 Å². The van der Waals surface area contributed by atoms with Crippen molar-refractivity contribution in [1.29, 1.82) is 0 Å². The second-order valence-electron chi connectivity index (χ2n) is 6.09. The summed E-state index contributed by atoms with van der Waals surface area (Å²) in [4.78, 5) is 12.5. The first-order chi connectivity index (χ1) is 9.60. The van der Waals surface area contributed by atoms with E-state index in [-0.39, 0.29) is 11.0 Å². The molecule has 20 heavy (non-hydrogen) atoms. The number of aryl methyl sites for hydroxylation is 1. The van der Waals surface area contributed by atoms with Gasteiger partial charge in [0.1, 0.15) is 0 Å². The zero-order valence-electron chi connectivity index (χ0n) is 12.9. The third-order valence-electron chi connectivity index (χ3n) is 4.30. The summed E-state index contributed by atoms with van der Waals surface area (Å²) in [6, 6.07) is 8.13. The number of hydrogen-bond acceptors (Lipinski definition) is 2. The van der Waals surface area contributed by atoms with E-state index in [0.717, 1.165) is 17.9 Å². The standard InChI is InChI=1S/C18H26OS/c1-4-15-8-10-16(11-9-15)18(19)14(3)20-17-7-5-6-13(2)12-17/h8-11,13-14,17H,4-7,12H2,1-3H3. The molecule has 0 spiro atoms. The number of Topliss-reactive ketones (excluding diaryl/α,β-unsaturated/α-hetero) is 1.